The second-order valence-corrected chi connectivity index (χ2v) is 5.32. The van der Waals surface area contributed by atoms with Crippen LogP contribution < -0.4 is 16.6 Å². The Morgan fingerprint density at radius 3 is 2.79 bits per heavy atom. The van der Waals surface area contributed by atoms with Crippen LogP contribution in [0.25, 0.3) is 0 Å². The van der Waals surface area contributed by atoms with Crippen molar-refractivity contribution in [1.82, 2.24) is 4.98 Å². The maximum Gasteiger partial charge on any atom is 0.257 e. The van der Waals surface area contributed by atoms with Gasteiger partial charge in [-0.15, -0.1) is 0 Å². The first-order valence-corrected chi connectivity index (χ1v) is 6.75. The lowest BCUT2D eigenvalue weighted by Gasteiger charge is -2.07. The molecule has 1 amide bonds. The molecule has 0 saturated carbocycles. The summed E-state index contributed by atoms with van der Waals surface area (Å²) >= 11 is 8.09. The highest BCUT2D eigenvalue weighted by Gasteiger charge is 2.10. The minimum atomic E-state index is -0.278. The van der Waals surface area contributed by atoms with Crippen LogP contribution in [-0.2, 0) is 0 Å². The Morgan fingerprint density at radius 2 is 2.16 bits per heavy atom. The van der Waals surface area contributed by atoms with Crippen LogP contribution in [-0.4, -0.2) is 10.9 Å². The molecule has 7 heteroatoms. The molecule has 0 spiro atoms. The average Bonchev–Trinajstić information content (AvgIpc) is 2.38. The van der Waals surface area contributed by atoms with Crippen molar-refractivity contribution < 1.29 is 4.79 Å². The van der Waals surface area contributed by atoms with E-state index in [2.05, 4.69) is 38.3 Å². The first-order chi connectivity index (χ1) is 9.10. The number of nitrogens with one attached hydrogen (secondary N) is 2. The van der Waals surface area contributed by atoms with Crippen molar-refractivity contribution in [2.24, 2.45) is 5.84 Å². The van der Waals surface area contributed by atoms with Crippen molar-refractivity contribution in [3.63, 3.8) is 0 Å². The number of benzene rings is 1. The zero-order valence-corrected chi connectivity index (χ0v) is 12.6. The van der Waals surface area contributed by atoms with Crippen LogP contribution >= 0.6 is 34.2 Å². The molecule has 0 aliphatic rings. The van der Waals surface area contributed by atoms with Crippen LogP contribution in [0.1, 0.15) is 10.4 Å². The molecule has 4 N–H and O–H groups in total. The van der Waals surface area contributed by atoms with E-state index in [9.17, 15) is 4.79 Å². The number of rotatable bonds is 3. The molecule has 1 aromatic carbocycles. The van der Waals surface area contributed by atoms with Crippen LogP contribution in [0.2, 0.25) is 5.02 Å². The van der Waals surface area contributed by atoms with Gasteiger partial charge in [0.05, 0.1) is 10.6 Å². The molecule has 0 aliphatic carbocycles. The lowest BCUT2D eigenvalue weighted by atomic mass is 10.2. The van der Waals surface area contributed by atoms with Crippen molar-refractivity contribution in [3.8, 4) is 0 Å². The molecule has 5 nitrogen and oxygen atoms in total. The number of carbonyl (C=O) groups excluding carboxylic acids is 1. The molecular weight excluding hydrogens is 379 g/mol. The van der Waals surface area contributed by atoms with Crippen LogP contribution in [0.3, 0.4) is 0 Å². The summed E-state index contributed by atoms with van der Waals surface area (Å²) in [6, 6.07) is 8.99. The Hall–Kier alpha value is -1.38. The fourth-order valence-corrected chi connectivity index (χ4v) is 2.20. The van der Waals surface area contributed by atoms with Gasteiger partial charge in [0.25, 0.3) is 5.91 Å². The van der Waals surface area contributed by atoms with Crippen LogP contribution in [0.5, 0.6) is 0 Å². The average molecular weight is 389 g/mol. The Morgan fingerprint density at radius 1 is 1.37 bits per heavy atom. The highest BCUT2D eigenvalue weighted by Crippen LogP contribution is 2.20. The number of hydrazine groups is 1. The number of nitrogens with two attached hydrogens (primary N) is 1. The molecule has 0 radical (unpaired) electrons. The van der Waals surface area contributed by atoms with Gasteiger partial charge in [0.1, 0.15) is 0 Å². The molecule has 1 heterocycles. The summed E-state index contributed by atoms with van der Waals surface area (Å²) in [6.07, 6.45) is 1.41. The van der Waals surface area contributed by atoms with Crippen molar-refractivity contribution >= 4 is 51.6 Å². The summed E-state index contributed by atoms with van der Waals surface area (Å²) in [6.45, 7) is 0. The third-order valence-electron chi connectivity index (χ3n) is 2.32. The number of halogens is 2. The second kappa shape index (κ2) is 6.18. The quantitative estimate of drug-likeness (QED) is 0.429. The van der Waals surface area contributed by atoms with Gasteiger partial charge in [0.15, 0.2) is 5.82 Å². The Balaban J connectivity index is 2.18. The maximum absolute atomic E-state index is 12.0. The number of aromatic nitrogens is 1. The van der Waals surface area contributed by atoms with Crippen molar-refractivity contribution in [2.75, 3.05) is 10.7 Å². The number of nitrogen functional groups attached to an aromatic ring is 1. The number of hydrogen-bond acceptors (Lipinski definition) is 4. The molecule has 2 aromatic rings. The number of anilines is 2. The smallest absolute Gasteiger partial charge is 0.257 e. The van der Waals surface area contributed by atoms with E-state index in [1.807, 2.05) is 24.3 Å². The van der Waals surface area contributed by atoms with Gasteiger partial charge in [0.2, 0.25) is 0 Å². The van der Waals surface area contributed by atoms with Gasteiger partial charge in [-0.25, -0.2) is 10.8 Å². The Bertz CT molecular complexity index is 620. The molecule has 0 unspecified atom stereocenters. The Kier molecular flexibility index (Phi) is 4.56. The SMILES string of the molecule is NNc1ncc(C(=O)Nc2cccc(I)c2)cc1Cl. The number of carbonyl (C=O) groups is 1. The van der Waals surface area contributed by atoms with E-state index in [4.69, 9.17) is 17.4 Å². The van der Waals surface area contributed by atoms with E-state index in [0.717, 1.165) is 3.57 Å². The molecule has 19 heavy (non-hydrogen) atoms. The van der Waals surface area contributed by atoms with E-state index >= 15 is 0 Å². The van der Waals surface area contributed by atoms with Crippen molar-refractivity contribution in [3.05, 3.63) is 50.7 Å². The molecule has 0 fully saturated rings. The van der Waals surface area contributed by atoms with Gasteiger partial charge in [-0.05, 0) is 46.9 Å². The van der Waals surface area contributed by atoms with E-state index in [0.29, 0.717) is 17.1 Å². The van der Waals surface area contributed by atoms with Crippen LogP contribution in [0.15, 0.2) is 36.5 Å². The van der Waals surface area contributed by atoms with Gasteiger partial charge in [0, 0.05) is 15.5 Å². The zero-order chi connectivity index (χ0) is 13.8. The minimum absolute atomic E-state index is 0.278. The second-order valence-electron chi connectivity index (χ2n) is 3.66. The lowest BCUT2D eigenvalue weighted by molar-refractivity contribution is 0.102. The number of amides is 1. The summed E-state index contributed by atoms with van der Waals surface area (Å²) in [5.41, 5.74) is 3.42. The summed E-state index contributed by atoms with van der Waals surface area (Å²) in [4.78, 5) is 16.0. The van der Waals surface area contributed by atoms with E-state index in [1.165, 1.54) is 12.3 Å². The van der Waals surface area contributed by atoms with E-state index < -0.39 is 0 Å². The molecule has 0 aliphatic heterocycles. The van der Waals surface area contributed by atoms with E-state index in [-0.39, 0.29) is 10.9 Å². The molecule has 0 bridgehead atoms. The molecule has 0 saturated heterocycles. The van der Waals surface area contributed by atoms with Crippen LogP contribution in [0.4, 0.5) is 11.5 Å². The normalized spacial score (nSPS) is 10.1. The summed E-state index contributed by atoms with van der Waals surface area (Å²) in [5, 5.41) is 3.06. The molecule has 0 atom stereocenters. The van der Waals surface area contributed by atoms with Gasteiger partial charge < -0.3 is 10.7 Å². The molecule has 1 aromatic heterocycles. The highest BCUT2D eigenvalue weighted by molar-refractivity contribution is 14.1. The molecular formula is C12H10ClIN4O. The first kappa shape index (κ1) is 14.0. The summed E-state index contributed by atoms with van der Waals surface area (Å²) in [7, 11) is 0. The van der Waals surface area contributed by atoms with Crippen LogP contribution in [0, 0.1) is 3.57 Å². The summed E-state index contributed by atoms with van der Waals surface area (Å²) < 4.78 is 1.04. The Labute approximate surface area is 128 Å². The predicted molar refractivity (Wildman–Crippen MR) is 84.2 cm³/mol. The molecule has 98 valence electrons. The van der Waals surface area contributed by atoms with Gasteiger partial charge in [-0.1, -0.05) is 17.7 Å². The minimum Gasteiger partial charge on any atom is -0.322 e. The number of hydrogen-bond donors (Lipinski definition) is 3. The lowest BCUT2D eigenvalue weighted by Crippen LogP contribution is -2.14. The standard InChI is InChI=1S/C12H10ClIN4O/c13-10-4-7(6-16-11(10)18-15)12(19)17-9-3-1-2-8(14)5-9/h1-6H,15H2,(H,16,18)(H,17,19). The monoisotopic (exact) mass is 388 g/mol. The number of nitrogens with zero attached hydrogens (tertiary/aromatic N) is 1. The maximum atomic E-state index is 12.0. The van der Waals surface area contributed by atoms with Crippen molar-refractivity contribution in [2.45, 2.75) is 0 Å². The van der Waals surface area contributed by atoms with E-state index in [1.54, 1.807) is 0 Å². The fraction of sp³-hybridized carbons (Fsp3) is 0. The van der Waals surface area contributed by atoms with Crippen molar-refractivity contribution in [1.29, 1.82) is 0 Å². The third kappa shape index (κ3) is 3.55. The first-order valence-electron chi connectivity index (χ1n) is 5.29. The predicted octanol–water partition coefficient (Wildman–Crippen LogP) is 2.88. The largest absolute Gasteiger partial charge is 0.322 e. The fourth-order valence-electron chi connectivity index (χ4n) is 1.44. The van der Waals surface area contributed by atoms with Gasteiger partial charge in [-0.2, -0.15) is 0 Å². The van der Waals surface area contributed by atoms with Gasteiger partial charge >= 0.3 is 0 Å². The summed E-state index contributed by atoms with van der Waals surface area (Å²) in [5.74, 6) is 5.27. The topological polar surface area (TPSA) is 80.0 Å². The highest BCUT2D eigenvalue weighted by atomic mass is 127. The third-order valence-corrected chi connectivity index (χ3v) is 3.28. The van der Waals surface area contributed by atoms with Gasteiger partial charge in [-0.3, -0.25) is 4.79 Å². The molecule has 2 rings (SSSR count). The number of pyridine rings is 1. The zero-order valence-electron chi connectivity index (χ0n) is 9.65.